The number of fused-ring (bicyclic) bond motifs is 1. The third-order valence-corrected chi connectivity index (χ3v) is 5.37. The second-order valence-corrected chi connectivity index (χ2v) is 8.93. The van der Waals surface area contributed by atoms with E-state index < -0.39 is 28.7 Å². The summed E-state index contributed by atoms with van der Waals surface area (Å²) in [7, 11) is 0. The van der Waals surface area contributed by atoms with Crippen molar-refractivity contribution in [2.45, 2.75) is 26.4 Å². The molecule has 0 bridgehead atoms. The fraction of sp³-hybridized carbons (Fsp3) is 0.391. The van der Waals surface area contributed by atoms with Gasteiger partial charge in [0.05, 0.1) is 10.4 Å². The van der Waals surface area contributed by atoms with Gasteiger partial charge in [0.1, 0.15) is 17.7 Å². The smallest absolute Gasteiger partial charge is 0.410 e. The third kappa shape index (κ3) is 4.68. The second-order valence-electron chi connectivity index (χ2n) is 8.93. The van der Waals surface area contributed by atoms with E-state index in [4.69, 9.17) is 8.85 Å². The van der Waals surface area contributed by atoms with E-state index in [1.54, 1.807) is 23.1 Å². The van der Waals surface area contributed by atoms with E-state index in [-0.39, 0.29) is 11.7 Å². The van der Waals surface area contributed by atoms with Gasteiger partial charge in [-0.15, -0.1) is 0 Å². The number of hydrogen-bond donors (Lipinski definition) is 0. The average molecular weight is 470 g/mol. The number of anilines is 1. The van der Waals surface area contributed by atoms with Gasteiger partial charge in [0.15, 0.2) is 0 Å². The van der Waals surface area contributed by atoms with Crippen LogP contribution in [0.4, 0.5) is 16.3 Å². The molecule has 0 atom stereocenters. The van der Waals surface area contributed by atoms with Gasteiger partial charge in [-0.3, -0.25) is 14.9 Å². The highest BCUT2D eigenvalue weighted by Gasteiger charge is 2.27. The summed E-state index contributed by atoms with van der Waals surface area (Å²) in [6.45, 7) is 4.37. The number of aromatic nitrogens is 3. The molecule has 178 valence electrons. The molecular weight excluding hydrogens is 440 g/mol. The van der Waals surface area contributed by atoms with Crippen molar-refractivity contribution < 1.29 is 18.6 Å². The van der Waals surface area contributed by atoms with Crippen LogP contribution in [-0.4, -0.2) is 62.2 Å². The van der Waals surface area contributed by atoms with Crippen LogP contribution in [0.15, 0.2) is 41.6 Å². The van der Waals surface area contributed by atoms with Gasteiger partial charge in [-0.25, -0.2) is 14.8 Å². The predicted molar refractivity (Wildman–Crippen MR) is 127 cm³/mol. The summed E-state index contributed by atoms with van der Waals surface area (Å²) in [5.74, 6) is 0.606. The Hall–Kier alpha value is -4.02. The Morgan fingerprint density at radius 3 is 2.53 bits per heavy atom. The zero-order valence-electron chi connectivity index (χ0n) is 22.0. The van der Waals surface area contributed by atoms with Crippen molar-refractivity contribution in [3.05, 3.63) is 57.3 Å². The zero-order chi connectivity index (χ0) is 27.1. The Balaban J connectivity index is 1.69. The van der Waals surface area contributed by atoms with Crippen molar-refractivity contribution in [3.8, 4) is 11.1 Å². The first-order valence-electron chi connectivity index (χ1n) is 12.1. The maximum Gasteiger partial charge on any atom is 0.410 e. The number of amides is 1. The molecular formula is C23H26N6O5. The van der Waals surface area contributed by atoms with Gasteiger partial charge in [0.2, 0.25) is 0 Å². The molecule has 1 saturated heterocycles. The molecule has 0 aliphatic carbocycles. The first-order valence-corrected chi connectivity index (χ1v) is 10.6. The number of nitrogens with zero attached hydrogens (tertiary/aromatic N) is 6. The van der Waals surface area contributed by atoms with Gasteiger partial charge in [-0.05, 0) is 38.5 Å². The lowest BCUT2D eigenvalue weighted by Crippen LogP contribution is -2.50. The van der Waals surface area contributed by atoms with E-state index >= 15 is 0 Å². The lowest BCUT2D eigenvalue weighted by Gasteiger charge is -2.36. The monoisotopic (exact) mass is 469 g/mol. The lowest BCUT2D eigenvalue weighted by atomic mass is 10.0. The number of ether oxygens (including phenoxy) is 1. The van der Waals surface area contributed by atoms with Crippen LogP contribution in [0.2, 0.25) is 0 Å². The number of pyridine rings is 1. The lowest BCUT2D eigenvalue weighted by molar-refractivity contribution is -0.386. The second kappa shape index (κ2) is 8.73. The van der Waals surface area contributed by atoms with E-state index in [2.05, 4.69) is 9.97 Å². The number of hydrogen-bond acceptors (Lipinski definition) is 8. The molecule has 0 radical (unpaired) electrons. The van der Waals surface area contributed by atoms with E-state index in [1.165, 1.54) is 6.33 Å². The molecule has 1 aliphatic heterocycles. The van der Waals surface area contributed by atoms with Crippen molar-refractivity contribution in [1.82, 2.24) is 19.4 Å². The highest BCUT2D eigenvalue weighted by Crippen LogP contribution is 2.30. The number of nitro groups is 1. The summed E-state index contributed by atoms with van der Waals surface area (Å²) in [6.07, 6.45) is 2.14. The molecule has 34 heavy (non-hydrogen) atoms. The molecule has 1 fully saturated rings. The van der Waals surface area contributed by atoms with Gasteiger partial charge in [0, 0.05) is 60.5 Å². The molecule has 11 heteroatoms. The van der Waals surface area contributed by atoms with Gasteiger partial charge in [0.25, 0.3) is 0 Å². The average Bonchev–Trinajstić information content (AvgIpc) is 2.81. The third-order valence-electron chi connectivity index (χ3n) is 5.37. The van der Waals surface area contributed by atoms with Crippen LogP contribution in [0.25, 0.3) is 22.0 Å². The first kappa shape index (κ1) is 19.4. The SMILES string of the molecule is [2H]C([2H])([2H])n1cc(-c2ccc3ncnc(N4CCN(C(=O)OC(C)(C)C)CC4)c3c2)cc([N+](=O)[O-])c1=O. The number of carbonyl (C=O) groups is 1. The van der Waals surface area contributed by atoms with Crippen LogP contribution in [0.5, 0.6) is 0 Å². The number of aryl methyl sites for hydroxylation is 1. The molecule has 3 aromatic rings. The van der Waals surface area contributed by atoms with E-state index in [9.17, 15) is 19.7 Å². The number of piperazine rings is 1. The Kier molecular flexibility index (Phi) is 4.99. The van der Waals surface area contributed by atoms with Crippen molar-refractivity contribution >= 4 is 28.5 Å². The summed E-state index contributed by atoms with van der Waals surface area (Å²) < 4.78 is 28.7. The molecule has 2 aromatic heterocycles. The fourth-order valence-electron chi connectivity index (χ4n) is 3.76. The summed E-state index contributed by atoms with van der Waals surface area (Å²) >= 11 is 0. The molecule has 1 amide bonds. The number of carbonyl (C=O) groups excluding carboxylic acids is 1. The topological polar surface area (TPSA) is 124 Å². The zero-order valence-corrected chi connectivity index (χ0v) is 19.0. The highest BCUT2D eigenvalue weighted by atomic mass is 16.6. The van der Waals surface area contributed by atoms with E-state index in [0.717, 1.165) is 12.3 Å². The first-order chi connectivity index (χ1) is 17.2. The van der Waals surface area contributed by atoms with Crippen molar-refractivity contribution in [3.63, 3.8) is 0 Å². The summed E-state index contributed by atoms with van der Waals surface area (Å²) in [5.41, 5.74) is -1.38. The summed E-state index contributed by atoms with van der Waals surface area (Å²) in [5, 5.41) is 12.1. The summed E-state index contributed by atoms with van der Waals surface area (Å²) in [4.78, 5) is 47.7. The number of benzene rings is 1. The van der Waals surface area contributed by atoms with E-state index in [0.29, 0.717) is 53.0 Å². The minimum absolute atomic E-state index is 0.189. The number of rotatable bonds is 3. The molecule has 1 aliphatic rings. The standard InChI is InChI=1S/C23H26N6O5/c1-23(2,3)34-22(31)28-9-7-27(8-10-28)20-17-11-15(5-6-18(17)24-14-25-20)16-12-19(29(32)33)21(30)26(4)13-16/h5-6,11-14H,7-10H2,1-4H3/i4D3. The van der Waals surface area contributed by atoms with E-state index in [1.807, 2.05) is 25.7 Å². The fourth-order valence-corrected chi connectivity index (χ4v) is 3.76. The molecule has 1 aromatic carbocycles. The highest BCUT2D eigenvalue weighted by molar-refractivity contribution is 5.93. The van der Waals surface area contributed by atoms with Crippen molar-refractivity contribution in [2.75, 3.05) is 31.1 Å². The molecule has 4 rings (SSSR count). The van der Waals surface area contributed by atoms with Crippen LogP contribution in [0.3, 0.4) is 0 Å². The quantitative estimate of drug-likeness (QED) is 0.424. The van der Waals surface area contributed by atoms with Gasteiger partial charge >= 0.3 is 17.3 Å². The van der Waals surface area contributed by atoms with Crippen LogP contribution in [0.1, 0.15) is 24.9 Å². The predicted octanol–water partition coefficient (Wildman–Crippen LogP) is 2.96. The Morgan fingerprint density at radius 1 is 1.15 bits per heavy atom. The van der Waals surface area contributed by atoms with Crippen LogP contribution >= 0.6 is 0 Å². The maximum absolute atomic E-state index is 12.4. The largest absolute Gasteiger partial charge is 0.444 e. The molecule has 0 spiro atoms. The van der Waals surface area contributed by atoms with Crippen LogP contribution in [-0.2, 0) is 11.7 Å². The molecule has 11 nitrogen and oxygen atoms in total. The van der Waals surface area contributed by atoms with Gasteiger partial charge < -0.3 is 19.1 Å². The molecule has 0 N–H and O–H groups in total. The normalized spacial score (nSPS) is 16.0. The molecule has 0 unspecified atom stereocenters. The van der Waals surface area contributed by atoms with Crippen molar-refractivity contribution in [1.29, 1.82) is 0 Å². The van der Waals surface area contributed by atoms with Gasteiger partial charge in [-0.2, -0.15) is 0 Å². The van der Waals surface area contributed by atoms with Crippen molar-refractivity contribution in [2.24, 2.45) is 6.98 Å². The van der Waals surface area contributed by atoms with Crippen LogP contribution in [0, 0.1) is 10.1 Å². The Bertz CT molecular complexity index is 1430. The van der Waals surface area contributed by atoms with Crippen LogP contribution < -0.4 is 10.5 Å². The minimum atomic E-state index is -2.89. The Morgan fingerprint density at radius 2 is 1.88 bits per heavy atom. The summed E-state index contributed by atoms with van der Waals surface area (Å²) in [6, 6.07) is 6.11. The minimum Gasteiger partial charge on any atom is -0.444 e. The maximum atomic E-state index is 12.4. The molecule has 0 saturated carbocycles. The Labute approximate surface area is 200 Å². The van der Waals surface area contributed by atoms with Gasteiger partial charge in [-0.1, -0.05) is 6.07 Å². The molecule has 3 heterocycles.